The second kappa shape index (κ2) is 25.1. The number of amides is 4. The first kappa shape index (κ1) is 29.1. The van der Waals surface area contributed by atoms with Gasteiger partial charge >= 0.3 is 24.4 Å². The largest absolute Gasteiger partial charge is 0.462 e. The Bertz CT molecular complexity index is 336. The number of unbranched alkanes of at least 4 members (excludes halogenated alkanes) is 2. The van der Waals surface area contributed by atoms with Gasteiger partial charge in [-0.1, -0.05) is 73.8 Å². The molecule has 0 aromatic heterocycles. The molecule has 0 bridgehead atoms. The molecule has 0 heterocycles. The van der Waals surface area contributed by atoms with E-state index in [0.29, 0.717) is 0 Å². The third kappa shape index (κ3) is 75.6. The quantitative estimate of drug-likeness (QED) is 0.485. The Hall–Kier alpha value is -2.92. The summed E-state index contributed by atoms with van der Waals surface area (Å²) in [5.74, 6) is 0. The number of nitrogens with zero attached hydrogens (tertiary/aromatic N) is 4. The summed E-state index contributed by atoms with van der Waals surface area (Å²) in [6.45, 7) is 8.72. The Kier molecular flexibility index (Phi) is 30.4. The van der Waals surface area contributed by atoms with Crippen molar-refractivity contribution in [2.75, 3.05) is 0 Å². The van der Waals surface area contributed by atoms with Crippen molar-refractivity contribution < 1.29 is 39.6 Å². The van der Waals surface area contributed by atoms with E-state index >= 15 is 0 Å². The molecule has 0 radical (unpaired) electrons. The van der Waals surface area contributed by atoms with Gasteiger partial charge in [-0.25, -0.2) is 19.2 Å². The summed E-state index contributed by atoms with van der Waals surface area (Å²) >= 11 is 0. The molecule has 0 saturated carbocycles. The van der Waals surface area contributed by atoms with Crippen LogP contribution in [0.4, 0.5) is 19.2 Å². The first-order valence-electron chi connectivity index (χ1n) is 6.83. The maximum atomic E-state index is 9.38. The molecule has 0 spiro atoms. The first-order chi connectivity index (χ1) is 11.1. The number of hydrogen-bond acceptors (Lipinski definition) is 4. The zero-order valence-electron chi connectivity index (χ0n) is 14.0. The molecule has 24 heavy (non-hydrogen) atoms. The average Bonchev–Trinajstić information content (AvgIpc) is 2.52. The van der Waals surface area contributed by atoms with Crippen LogP contribution in [0.1, 0.15) is 53.4 Å². The molecule has 12 heteroatoms. The van der Waals surface area contributed by atoms with Crippen LogP contribution in [0, 0.1) is 0 Å². The Labute approximate surface area is 138 Å². The SMILES string of the molecule is CCCC.CCCC.O=C(O)N=NC(=O)O.O=C(O)N=NC(=O)O. The van der Waals surface area contributed by atoms with E-state index in [1.165, 1.54) is 25.7 Å². The molecule has 4 N–H and O–H groups in total. The molecule has 0 fully saturated rings. The third-order valence-corrected chi connectivity index (χ3v) is 1.44. The average molecular weight is 352 g/mol. The van der Waals surface area contributed by atoms with E-state index in [-0.39, 0.29) is 0 Å². The van der Waals surface area contributed by atoms with Crippen LogP contribution in [0.25, 0.3) is 0 Å². The van der Waals surface area contributed by atoms with E-state index in [1.54, 1.807) is 0 Å². The van der Waals surface area contributed by atoms with Crippen LogP contribution in [-0.2, 0) is 0 Å². The summed E-state index contributed by atoms with van der Waals surface area (Å²) in [7, 11) is 0. The molecule has 140 valence electrons. The number of hydrogen-bond donors (Lipinski definition) is 4. The molecule has 0 rings (SSSR count). The van der Waals surface area contributed by atoms with Gasteiger partial charge < -0.3 is 20.4 Å². The predicted octanol–water partition coefficient (Wildman–Crippen LogP) is 5.20. The molecule has 0 aromatic carbocycles. The van der Waals surface area contributed by atoms with Crippen molar-refractivity contribution in [3.8, 4) is 0 Å². The van der Waals surface area contributed by atoms with E-state index < -0.39 is 24.4 Å². The summed E-state index contributed by atoms with van der Waals surface area (Å²) in [5.41, 5.74) is 0. The van der Waals surface area contributed by atoms with Crippen molar-refractivity contribution in [1.82, 2.24) is 0 Å². The Morgan fingerprint density at radius 3 is 0.667 bits per heavy atom. The molecule has 0 saturated heterocycles. The zero-order valence-corrected chi connectivity index (χ0v) is 14.0. The standard InChI is InChI=1S/2C4H10.2C2H2N2O4/c2*1-3-4-2;2*5-1(6)3-4-2(7)8/h2*3-4H2,1-2H3;2*(H,5,6)(H,7,8). The van der Waals surface area contributed by atoms with Crippen LogP contribution in [0.15, 0.2) is 20.5 Å². The summed E-state index contributed by atoms with van der Waals surface area (Å²) in [4.78, 5) is 37.5. The highest BCUT2D eigenvalue weighted by atomic mass is 16.4. The van der Waals surface area contributed by atoms with E-state index in [4.69, 9.17) is 20.4 Å². The van der Waals surface area contributed by atoms with Crippen LogP contribution in [0.2, 0.25) is 0 Å². The molecule has 12 nitrogen and oxygen atoms in total. The fourth-order valence-electron chi connectivity index (χ4n) is 0.171. The molecule has 0 unspecified atom stereocenters. The Morgan fingerprint density at radius 1 is 0.500 bits per heavy atom. The fraction of sp³-hybridized carbons (Fsp3) is 0.667. The predicted molar refractivity (Wildman–Crippen MR) is 83.0 cm³/mol. The minimum Gasteiger partial charge on any atom is -0.462 e. The summed E-state index contributed by atoms with van der Waals surface area (Å²) < 4.78 is 0. The fourth-order valence-corrected chi connectivity index (χ4v) is 0.171. The van der Waals surface area contributed by atoms with Gasteiger partial charge in [0, 0.05) is 0 Å². The van der Waals surface area contributed by atoms with Gasteiger partial charge in [-0.05, 0) is 0 Å². The topological polar surface area (TPSA) is 199 Å². The van der Waals surface area contributed by atoms with Gasteiger partial charge in [0.2, 0.25) is 0 Å². The van der Waals surface area contributed by atoms with Crippen molar-refractivity contribution in [2.45, 2.75) is 53.4 Å². The lowest BCUT2D eigenvalue weighted by Crippen LogP contribution is -1.87. The number of carbonyl (C=O) groups is 4. The Balaban J connectivity index is -0.000000117. The highest BCUT2D eigenvalue weighted by Gasteiger charge is 1.91. The second-order valence-corrected chi connectivity index (χ2v) is 3.53. The van der Waals surface area contributed by atoms with E-state index in [9.17, 15) is 19.2 Å². The molecule has 4 amide bonds. The van der Waals surface area contributed by atoms with Crippen molar-refractivity contribution >= 4 is 24.4 Å². The minimum absolute atomic E-state index is 1.32. The molecular formula is C12H24N4O8. The highest BCUT2D eigenvalue weighted by molar-refractivity contribution is 5.70. The minimum atomic E-state index is -1.62. The summed E-state index contributed by atoms with van der Waals surface area (Å²) in [5, 5.41) is 39.6. The normalized spacial score (nSPS) is 8.83. The van der Waals surface area contributed by atoms with Gasteiger partial charge in [0.25, 0.3) is 0 Å². The van der Waals surface area contributed by atoms with Gasteiger partial charge in [-0.2, -0.15) is 0 Å². The van der Waals surface area contributed by atoms with E-state index in [2.05, 4.69) is 48.2 Å². The molecule has 0 atom stereocenters. The molecule has 0 aliphatic heterocycles. The number of carboxylic acid groups (broad SMARTS) is 4. The van der Waals surface area contributed by atoms with Crippen molar-refractivity contribution in [3.63, 3.8) is 0 Å². The number of rotatable bonds is 2. The van der Waals surface area contributed by atoms with Gasteiger partial charge in [0.1, 0.15) is 0 Å². The lowest BCUT2D eigenvalue weighted by molar-refractivity contribution is 0.194. The van der Waals surface area contributed by atoms with Crippen molar-refractivity contribution in [3.05, 3.63) is 0 Å². The molecular weight excluding hydrogens is 328 g/mol. The first-order valence-corrected chi connectivity index (χ1v) is 6.83. The summed E-state index contributed by atoms with van der Waals surface area (Å²) in [6, 6.07) is 0. The van der Waals surface area contributed by atoms with Crippen molar-refractivity contribution in [2.24, 2.45) is 20.5 Å². The van der Waals surface area contributed by atoms with Crippen LogP contribution < -0.4 is 0 Å². The monoisotopic (exact) mass is 352 g/mol. The van der Waals surface area contributed by atoms with Crippen molar-refractivity contribution in [1.29, 1.82) is 0 Å². The number of azo groups is 2. The highest BCUT2D eigenvalue weighted by Crippen LogP contribution is 1.78. The van der Waals surface area contributed by atoms with Gasteiger partial charge in [-0.15, -0.1) is 0 Å². The maximum Gasteiger partial charge on any atom is 0.450 e. The Morgan fingerprint density at radius 2 is 0.625 bits per heavy atom. The molecule has 0 aliphatic rings. The van der Waals surface area contributed by atoms with Gasteiger partial charge in [0.05, 0.1) is 0 Å². The molecule has 0 aromatic rings. The lowest BCUT2D eigenvalue weighted by Gasteiger charge is -1.72. The van der Waals surface area contributed by atoms with Gasteiger partial charge in [0.15, 0.2) is 0 Å². The van der Waals surface area contributed by atoms with E-state index in [0.717, 1.165) is 0 Å². The smallest absolute Gasteiger partial charge is 0.450 e. The summed E-state index contributed by atoms with van der Waals surface area (Å²) in [6.07, 6.45) is -1.19. The second-order valence-electron chi connectivity index (χ2n) is 3.53. The van der Waals surface area contributed by atoms with Crippen LogP contribution in [-0.4, -0.2) is 44.8 Å². The van der Waals surface area contributed by atoms with Crippen LogP contribution in [0.3, 0.4) is 0 Å². The molecule has 0 aliphatic carbocycles. The maximum absolute atomic E-state index is 9.38. The third-order valence-electron chi connectivity index (χ3n) is 1.44. The van der Waals surface area contributed by atoms with Crippen LogP contribution in [0.5, 0.6) is 0 Å². The lowest BCUT2D eigenvalue weighted by atomic mass is 10.4. The van der Waals surface area contributed by atoms with Crippen LogP contribution >= 0.6 is 0 Å². The zero-order chi connectivity index (χ0) is 20.0. The van der Waals surface area contributed by atoms with Gasteiger partial charge in [-0.3, -0.25) is 0 Å². The van der Waals surface area contributed by atoms with E-state index in [1.807, 2.05) is 0 Å².